The average molecular weight is 377 g/mol. The summed E-state index contributed by atoms with van der Waals surface area (Å²) in [4.78, 5) is 12.5. The highest BCUT2D eigenvalue weighted by molar-refractivity contribution is 6.04. The third-order valence-corrected chi connectivity index (χ3v) is 4.06. The van der Waals surface area contributed by atoms with Crippen molar-refractivity contribution in [3.8, 4) is 23.0 Å². The Kier molecular flexibility index (Phi) is 6.17. The molecular weight excluding hydrogens is 354 g/mol. The predicted molar refractivity (Wildman–Crippen MR) is 110 cm³/mol. The van der Waals surface area contributed by atoms with Crippen molar-refractivity contribution in [3.63, 3.8) is 0 Å². The fourth-order valence-electron chi connectivity index (χ4n) is 2.71. The van der Waals surface area contributed by atoms with Crippen LogP contribution in [0.1, 0.15) is 22.8 Å². The van der Waals surface area contributed by atoms with E-state index in [1.807, 2.05) is 50.2 Å². The number of anilines is 1. The predicted octanol–water partition coefficient (Wildman–Crippen LogP) is 5.45. The summed E-state index contributed by atoms with van der Waals surface area (Å²) in [6.45, 7) is 4.44. The molecule has 0 bridgehead atoms. The molecule has 3 aromatic rings. The molecule has 3 aromatic carbocycles. The molecule has 0 radical (unpaired) electrons. The van der Waals surface area contributed by atoms with E-state index in [1.165, 1.54) is 0 Å². The van der Waals surface area contributed by atoms with Gasteiger partial charge in [0.25, 0.3) is 5.91 Å². The zero-order chi connectivity index (χ0) is 19.9. The van der Waals surface area contributed by atoms with E-state index < -0.39 is 0 Å². The molecule has 1 N–H and O–H groups in total. The zero-order valence-corrected chi connectivity index (χ0v) is 16.2. The van der Waals surface area contributed by atoms with Gasteiger partial charge in [-0.1, -0.05) is 12.1 Å². The van der Waals surface area contributed by atoms with Crippen molar-refractivity contribution in [2.24, 2.45) is 0 Å². The van der Waals surface area contributed by atoms with Gasteiger partial charge in [0.1, 0.15) is 11.5 Å². The Hall–Kier alpha value is -3.47. The number of aryl methyl sites for hydroxylation is 1. The lowest BCUT2D eigenvalue weighted by Gasteiger charge is -2.11. The van der Waals surface area contributed by atoms with Gasteiger partial charge in [0, 0.05) is 11.3 Å². The number of ether oxygens (including phenoxy) is 3. The Balaban J connectivity index is 1.67. The Morgan fingerprint density at radius 1 is 0.929 bits per heavy atom. The molecule has 5 nitrogen and oxygen atoms in total. The van der Waals surface area contributed by atoms with Crippen LogP contribution in [0.3, 0.4) is 0 Å². The largest absolute Gasteiger partial charge is 0.493 e. The van der Waals surface area contributed by atoms with E-state index >= 15 is 0 Å². The zero-order valence-electron chi connectivity index (χ0n) is 16.2. The summed E-state index contributed by atoms with van der Waals surface area (Å²) in [5.41, 5.74) is 2.29. The molecule has 0 heterocycles. The summed E-state index contributed by atoms with van der Waals surface area (Å²) in [5, 5.41) is 2.87. The molecule has 0 spiro atoms. The highest BCUT2D eigenvalue weighted by Gasteiger charge is 2.11. The molecule has 0 unspecified atom stereocenters. The highest BCUT2D eigenvalue weighted by Crippen LogP contribution is 2.29. The van der Waals surface area contributed by atoms with E-state index in [0.29, 0.717) is 35.1 Å². The molecule has 0 aromatic heterocycles. The fourth-order valence-corrected chi connectivity index (χ4v) is 2.71. The number of carbonyl (C=O) groups is 1. The van der Waals surface area contributed by atoms with Crippen molar-refractivity contribution in [3.05, 3.63) is 77.9 Å². The van der Waals surface area contributed by atoms with Crippen LogP contribution in [0.4, 0.5) is 5.69 Å². The first kappa shape index (κ1) is 19.3. The third-order valence-electron chi connectivity index (χ3n) is 4.06. The maximum Gasteiger partial charge on any atom is 0.255 e. The van der Waals surface area contributed by atoms with E-state index in [4.69, 9.17) is 14.2 Å². The van der Waals surface area contributed by atoms with E-state index in [-0.39, 0.29) is 5.91 Å². The van der Waals surface area contributed by atoms with Gasteiger partial charge < -0.3 is 19.5 Å². The van der Waals surface area contributed by atoms with Crippen LogP contribution >= 0.6 is 0 Å². The molecule has 1 amide bonds. The molecule has 0 aliphatic rings. The molecule has 0 aliphatic heterocycles. The Labute approximate surface area is 164 Å². The van der Waals surface area contributed by atoms with Crippen LogP contribution < -0.4 is 19.5 Å². The van der Waals surface area contributed by atoms with Crippen LogP contribution in [0.5, 0.6) is 23.0 Å². The monoisotopic (exact) mass is 377 g/mol. The molecule has 144 valence electrons. The maximum absolute atomic E-state index is 12.5. The van der Waals surface area contributed by atoms with Crippen LogP contribution in [0, 0.1) is 6.92 Å². The van der Waals surface area contributed by atoms with Crippen molar-refractivity contribution in [2.75, 3.05) is 19.0 Å². The summed E-state index contributed by atoms with van der Waals surface area (Å²) in [6, 6.07) is 20.2. The van der Waals surface area contributed by atoms with Gasteiger partial charge in [-0.25, -0.2) is 0 Å². The summed E-state index contributed by atoms with van der Waals surface area (Å²) >= 11 is 0. The minimum Gasteiger partial charge on any atom is -0.493 e. The van der Waals surface area contributed by atoms with Crippen molar-refractivity contribution in [1.29, 1.82) is 0 Å². The van der Waals surface area contributed by atoms with Crippen LogP contribution in [-0.4, -0.2) is 19.6 Å². The number of benzene rings is 3. The van der Waals surface area contributed by atoms with Gasteiger partial charge in [0.05, 0.1) is 13.7 Å². The molecule has 0 saturated carbocycles. The number of hydrogen-bond acceptors (Lipinski definition) is 4. The normalized spacial score (nSPS) is 10.2. The molecule has 3 rings (SSSR count). The van der Waals surface area contributed by atoms with Gasteiger partial charge >= 0.3 is 0 Å². The van der Waals surface area contributed by atoms with Gasteiger partial charge in [0.15, 0.2) is 11.5 Å². The topological polar surface area (TPSA) is 56.8 Å². The SMILES string of the molecule is CCOc1ccc(C(=O)Nc2ccc(Oc3cccc(C)c3)cc2)cc1OC. The minimum atomic E-state index is -0.228. The second-order valence-corrected chi connectivity index (χ2v) is 6.20. The number of methoxy groups -OCH3 is 1. The second-order valence-electron chi connectivity index (χ2n) is 6.20. The average Bonchev–Trinajstić information content (AvgIpc) is 2.70. The van der Waals surface area contributed by atoms with Gasteiger partial charge in [-0.15, -0.1) is 0 Å². The van der Waals surface area contributed by atoms with Gasteiger partial charge in [0.2, 0.25) is 0 Å². The first-order valence-corrected chi connectivity index (χ1v) is 9.06. The standard InChI is InChI=1S/C23H23NO4/c1-4-27-21-13-8-17(15-22(21)26-3)23(25)24-18-9-11-19(12-10-18)28-20-7-5-6-16(2)14-20/h5-15H,4H2,1-3H3,(H,24,25). The van der Waals surface area contributed by atoms with E-state index in [1.54, 1.807) is 37.4 Å². The second kappa shape index (κ2) is 8.95. The van der Waals surface area contributed by atoms with Gasteiger partial charge in [-0.2, -0.15) is 0 Å². The lowest BCUT2D eigenvalue weighted by atomic mass is 10.2. The van der Waals surface area contributed by atoms with E-state index in [2.05, 4.69) is 5.32 Å². The number of carbonyl (C=O) groups excluding carboxylic acids is 1. The summed E-state index contributed by atoms with van der Waals surface area (Å²) in [6.07, 6.45) is 0. The molecule has 0 atom stereocenters. The first-order valence-electron chi connectivity index (χ1n) is 9.06. The Morgan fingerprint density at radius 2 is 1.71 bits per heavy atom. The molecule has 28 heavy (non-hydrogen) atoms. The quantitative estimate of drug-likeness (QED) is 0.595. The van der Waals surface area contributed by atoms with Crippen molar-refractivity contribution in [1.82, 2.24) is 0 Å². The smallest absolute Gasteiger partial charge is 0.255 e. The Bertz CT molecular complexity index is 951. The molecule has 0 aliphatic carbocycles. The highest BCUT2D eigenvalue weighted by atomic mass is 16.5. The lowest BCUT2D eigenvalue weighted by Crippen LogP contribution is -2.12. The maximum atomic E-state index is 12.5. The van der Waals surface area contributed by atoms with Crippen LogP contribution in [0.15, 0.2) is 66.7 Å². The minimum absolute atomic E-state index is 0.228. The molecule has 0 saturated heterocycles. The van der Waals surface area contributed by atoms with Gasteiger partial charge in [-0.05, 0) is 74.0 Å². The van der Waals surface area contributed by atoms with Crippen molar-refractivity contribution in [2.45, 2.75) is 13.8 Å². The number of nitrogens with one attached hydrogen (secondary N) is 1. The molecular formula is C23H23NO4. The fraction of sp³-hybridized carbons (Fsp3) is 0.174. The molecule has 0 fully saturated rings. The Morgan fingerprint density at radius 3 is 2.39 bits per heavy atom. The third kappa shape index (κ3) is 4.82. The van der Waals surface area contributed by atoms with Crippen LogP contribution in [-0.2, 0) is 0 Å². The van der Waals surface area contributed by atoms with Crippen molar-refractivity contribution < 1.29 is 19.0 Å². The number of amides is 1. The number of rotatable bonds is 7. The number of hydrogen-bond donors (Lipinski definition) is 1. The van der Waals surface area contributed by atoms with Crippen LogP contribution in [0.25, 0.3) is 0 Å². The van der Waals surface area contributed by atoms with E-state index in [0.717, 1.165) is 11.3 Å². The summed E-state index contributed by atoms with van der Waals surface area (Å²) < 4.78 is 16.6. The first-order chi connectivity index (χ1) is 13.6. The summed E-state index contributed by atoms with van der Waals surface area (Å²) in [7, 11) is 1.55. The van der Waals surface area contributed by atoms with Crippen LogP contribution in [0.2, 0.25) is 0 Å². The molecule has 5 heteroatoms. The van der Waals surface area contributed by atoms with E-state index in [9.17, 15) is 4.79 Å². The van der Waals surface area contributed by atoms with Gasteiger partial charge in [-0.3, -0.25) is 4.79 Å². The van der Waals surface area contributed by atoms with Crippen molar-refractivity contribution >= 4 is 11.6 Å². The summed E-state index contributed by atoms with van der Waals surface area (Å²) in [5.74, 6) is 2.38. The lowest BCUT2D eigenvalue weighted by molar-refractivity contribution is 0.102.